The summed E-state index contributed by atoms with van der Waals surface area (Å²) in [6.45, 7) is 1.74. The molecule has 0 fully saturated rings. The van der Waals surface area contributed by atoms with Crippen molar-refractivity contribution in [2.24, 2.45) is 5.73 Å². The zero-order valence-electron chi connectivity index (χ0n) is 10.6. The van der Waals surface area contributed by atoms with Crippen LogP contribution >= 0.6 is 23.4 Å². The first-order chi connectivity index (χ1) is 9.08. The predicted octanol–water partition coefficient (Wildman–Crippen LogP) is 4.58. The number of benzene rings is 2. The second-order valence-corrected chi connectivity index (χ2v) is 5.83. The summed E-state index contributed by atoms with van der Waals surface area (Å²) in [5.41, 5.74) is 7.69. The maximum absolute atomic E-state index is 13.2. The van der Waals surface area contributed by atoms with Crippen LogP contribution in [0.4, 0.5) is 4.39 Å². The molecule has 100 valence electrons. The lowest BCUT2D eigenvalue weighted by Gasteiger charge is -2.13. The van der Waals surface area contributed by atoms with Crippen LogP contribution in [0.3, 0.4) is 0 Å². The first-order valence-corrected chi connectivity index (χ1v) is 7.33. The summed E-state index contributed by atoms with van der Waals surface area (Å²) in [6, 6.07) is 12.5. The van der Waals surface area contributed by atoms with E-state index in [4.69, 9.17) is 17.3 Å². The van der Waals surface area contributed by atoms with Crippen LogP contribution in [0.5, 0.6) is 0 Å². The van der Waals surface area contributed by atoms with E-state index in [1.54, 1.807) is 30.8 Å². The van der Waals surface area contributed by atoms with Crippen LogP contribution in [0.15, 0.2) is 47.4 Å². The number of hydrogen-bond acceptors (Lipinski definition) is 2. The van der Waals surface area contributed by atoms with Gasteiger partial charge in [-0.3, -0.25) is 0 Å². The monoisotopic (exact) mass is 295 g/mol. The van der Waals surface area contributed by atoms with E-state index in [-0.39, 0.29) is 11.9 Å². The highest BCUT2D eigenvalue weighted by atomic mass is 35.5. The van der Waals surface area contributed by atoms with Gasteiger partial charge in [-0.15, -0.1) is 11.8 Å². The molecule has 0 aliphatic carbocycles. The molecule has 0 bridgehead atoms. The Kier molecular flexibility index (Phi) is 4.86. The second kappa shape index (κ2) is 6.42. The minimum Gasteiger partial charge on any atom is -0.323 e. The molecule has 0 amide bonds. The molecule has 2 rings (SSSR count). The maximum atomic E-state index is 13.2. The number of aryl methyl sites for hydroxylation is 1. The Morgan fingerprint density at radius 2 is 2.00 bits per heavy atom. The molecule has 19 heavy (non-hydrogen) atoms. The number of hydrogen-bond donors (Lipinski definition) is 1. The van der Waals surface area contributed by atoms with Crippen molar-refractivity contribution in [2.75, 3.05) is 5.75 Å². The van der Waals surface area contributed by atoms with Gasteiger partial charge in [0.05, 0.1) is 5.02 Å². The van der Waals surface area contributed by atoms with Crippen molar-refractivity contribution in [2.45, 2.75) is 17.9 Å². The molecule has 0 spiro atoms. The molecule has 2 aromatic carbocycles. The molecule has 2 N–H and O–H groups in total. The molecule has 0 heterocycles. The Bertz CT molecular complexity index is 574. The molecule has 0 saturated heterocycles. The molecule has 1 atom stereocenters. The van der Waals surface area contributed by atoms with E-state index >= 15 is 0 Å². The van der Waals surface area contributed by atoms with Gasteiger partial charge in [0, 0.05) is 16.7 Å². The molecular formula is C15H15ClFNS. The molecule has 1 nitrogen and oxygen atoms in total. The van der Waals surface area contributed by atoms with Gasteiger partial charge in [-0.05, 0) is 36.2 Å². The highest BCUT2D eigenvalue weighted by Crippen LogP contribution is 2.29. The van der Waals surface area contributed by atoms with Crippen molar-refractivity contribution in [1.82, 2.24) is 0 Å². The predicted molar refractivity (Wildman–Crippen MR) is 80.2 cm³/mol. The van der Waals surface area contributed by atoms with E-state index < -0.39 is 0 Å². The van der Waals surface area contributed by atoms with Crippen LogP contribution in [0.1, 0.15) is 17.2 Å². The Labute approximate surface area is 122 Å². The molecule has 0 saturated carbocycles. The third-order valence-electron chi connectivity index (χ3n) is 2.87. The number of thioether (sulfide) groups is 1. The van der Waals surface area contributed by atoms with Gasteiger partial charge in [0.15, 0.2) is 0 Å². The largest absolute Gasteiger partial charge is 0.323 e. The maximum Gasteiger partial charge on any atom is 0.126 e. The average molecular weight is 296 g/mol. The summed E-state index contributed by atoms with van der Waals surface area (Å²) >= 11 is 7.70. The molecule has 4 heteroatoms. The topological polar surface area (TPSA) is 26.0 Å². The van der Waals surface area contributed by atoms with Crippen molar-refractivity contribution in [3.05, 3.63) is 64.4 Å². The lowest BCUT2D eigenvalue weighted by Crippen LogP contribution is -2.13. The Morgan fingerprint density at radius 1 is 1.26 bits per heavy atom. The lowest BCUT2D eigenvalue weighted by molar-refractivity contribution is 0.616. The summed E-state index contributed by atoms with van der Waals surface area (Å²) in [4.78, 5) is 1.01. The number of nitrogens with two attached hydrogens (primary N) is 1. The van der Waals surface area contributed by atoms with Crippen LogP contribution < -0.4 is 5.73 Å². The van der Waals surface area contributed by atoms with Crippen molar-refractivity contribution in [3.63, 3.8) is 0 Å². The molecular weight excluding hydrogens is 281 g/mol. The average Bonchev–Trinajstić information content (AvgIpc) is 2.40. The zero-order valence-corrected chi connectivity index (χ0v) is 12.1. The fraction of sp³-hybridized carbons (Fsp3) is 0.200. The van der Waals surface area contributed by atoms with Gasteiger partial charge in [-0.25, -0.2) is 4.39 Å². The molecule has 0 radical (unpaired) electrons. The fourth-order valence-electron chi connectivity index (χ4n) is 1.74. The molecule has 0 aromatic heterocycles. The van der Waals surface area contributed by atoms with Gasteiger partial charge in [0.1, 0.15) is 5.82 Å². The summed E-state index contributed by atoms with van der Waals surface area (Å²) in [6.07, 6.45) is 0. The van der Waals surface area contributed by atoms with E-state index in [2.05, 4.69) is 0 Å². The first kappa shape index (κ1) is 14.4. The van der Waals surface area contributed by atoms with E-state index in [0.717, 1.165) is 15.5 Å². The fourth-order valence-corrected chi connectivity index (χ4v) is 2.97. The minimum absolute atomic E-state index is 0.138. The third-order valence-corrected chi connectivity index (χ3v) is 4.50. The minimum atomic E-state index is -0.199. The molecule has 0 aliphatic rings. The van der Waals surface area contributed by atoms with Crippen molar-refractivity contribution >= 4 is 23.4 Å². The second-order valence-electron chi connectivity index (χ2n) is 4.36. The summed E-state index contributed by atoms with van der Waals surface area (Å²) < 4.78 is 13.2. The smallest absolute Gasteiger partial charge is 0.126 e. The van der Waals surface area contributed by atoms with Gasteiger partial charge in [-0.2, -0.15) is 0 Å². The Hall–Kier alpha value is -1.03. The summed E-state index contributed by atoms with van der Waals surface area (Å²) in [5.74, 6) is 0.504. The highest BCUT2D eigenvalue weighted by Gasteiger charge is 2.09. The summed E-state index contributed by atoms with van der Waals surface area (Å²) in [5, 5.41) is 0.731. The molecule has 2 aromatic rings. The van der Waals surface area contributed by atoms with E-state index in [1.807, 2.05) is 24.3 Å². The number of rotatable bonds is 4. The van der Waals surface area contributed by atoms with E-state index in [9.17, 15) is 4.39 Å². The van der Waals surface area contributed by atoms with Gasteiger partial charge < -0.3 is 5.73 Å². The highest BCUT2D eigenvalue weighted by molar-refractivity contribution is 7.99. The van der Waals surface area contributed by atoms with Gasteiger partial charge in [0.2, 0.25) is 0 Å². The van der Waals surface area contributed by atoms with Crippen LogP contribution in [-0.2, 0) is 0 Å². The van der Waals surface area contributed by atoms with E-state index in [1.165, 1.54) is 6.07 Å². The lowest BCUT2D eigenvalue weighted by atomic mass is 10.1. The van der Waals surface area contributed by atoms with E-state index in [0.29, 0.717) is 11.3 Å². The van der Waals surface area contributed by atoms with Gasteiger partial charge >= 0.3 is 0 Å². The third kappa shape index (κ3) is 3.72. The number of halogens is 2. The normalized spacial score (nSPS) is 12.4. The standard InChI is InChI=1S/C15H15ClFNS/c1-10-8-11(6-7-13(10)17)14(18)9-19-15-5-3-2-4-12(15)16/h2-8,14H,9,18H2,1H3. The van der Waals surface area contributed by atoms with Crippen molar-refractivity contribution in [1.29, 1.82) is 0 Å². The first-order valence-electron chi connectivity index (χ1n) is 5.97. The van der Waals surface area contributed by atoms with Crippen molar-refractivity contribution in [3.8, 4) is 0 Å². The molecule has 1 unspecified atom stereocenters. The SMILES string of the molecule is Cc1cc(C(N)CSc2ccccc2Cl)ccc1F. The molecule has 0 aliphatic heterocycles. The van der Waals surface area contributed by atoms with Crippen LogP contribution in [-0.4, -0.2) is 5.75 Å². The van der Waals surface area contributed by atoms with Crippen molar-refractivity contribution < 1.29 is 4.39 Å². The van der Waals surface area contributed by atoms with Crippen LogP contribution in [0.25, 0.3) is 0 Å². The summed E-state index contributed by atoms with van der Waals surface area (Å²) in [7, 11) is 0. The van der Waals surface area contributed by atoms with Gasteiger partial charge in [0.25, 0.3) is 0 Å². The Morgan fingerprint density at radius 3 is 2.68 bits per heavy atom. The zero-order chi connectivity index (χ0) is 13.8. The van der Waals surface area contributed by atoms with Crippen LogP contribution in [0.2, 0.25) is 5.02 Å². The Balaban J connectivity index is 2.03. The van der Waals surface area contributed by atoms with Crippen LogP contribution in [0, 0.1) is 12.7 Å². The van der Waals surface area contributed by atoms with Gasteiger partial charge in [-0.1, -0.05) is 35.9 Å². The quantitative estimate of drug-likeness (QED) is 0.836.